The third-order valence-corrected chi connectivity index (χ3v) is 5.46. The van der Waals surface area contributed by atoms with Crippen LogP contribution in [0.1, 0.15) is 20.8 Å². The zero-order valence-electron chi connectivity index (χ0n) is 15.5. The lowest BCUT2D eigenvalue weighted by Crippen LogP contribution is -2.52. The quantitative estimate of drug-likeness (QED) is 0.761. The van der Waals surface area contributed by atoms with Crippen molar-refractivity contribution in [3.05, 3.63) is 33.6 Å². The summed E-state index contributed by atoms with van der Waals surface area (Å²) >= 11 is 7.19. The van der Waals surface area contributed by atoms with Gasteiger partial charge in [-0.25, -0.2) is 4.79 Å². The third kappa shape index (κ3) is 4.62. The average Bonchev–Trinajstić information content (AvgIpc) is 2.88. The molecule has 1 aliphatic heterocycles. The standard InChI is InChI=1S/C18H22ClN3O4S/c1-18(2,3)26-17(25)21-8-6-20(7-9-21)15(23)11-22-16(24)13-5-4-12(19)10-14(13)27-22/h4-5,10H,6-9,11H2,1-3H3. The maximum absolute atomic E-state index is 12.6. The van der Waals surface area contributed by atoms with Crippen molar-refractivity contribution in [3.63, 3.8) is 0 Å². The maximum atomic E-state index is 12.6. The number of nitrogens with zero attached hydrogens (tertiary/aromatic N) is 3. The Hall–Kier alpha value is -2.06. The van der Waals surface area contributed by atoms with Gasteiger partial charge in [-0.15, -0.1) is 0 Å². The fourth-order valence-corrected chi connectivity index (χ4v) is 4.10. The van der Waals surface area contributed by atoms with E-state index in [4.69, 9.17) is 16.3 Å². The minimum absolute atomic E-state index is 0.0117. The van der Waals surface area contributed by atoms with Gasteiger partial charge in [0.25, 0.3) is 5.56 Å². The van der Waals surface area contributed by atoms with Crippen molar-refractivity contribution >= 4 is 45.2 Å². The van der Waals surface area contributed by atoms with Gasteiger partial charge in [0.2, 0.25) is 5.91 Å². The third-order valence-electron chi connectivity index (χ3n) is 4.17. The van der Waals surface area contributed by atoms with Crippen LogP contribution in [0.5, 0.6) is 0 Å². The van der Waals surface area contributed by atoms with Crippen LogP contribution in [0.15, 0.2) is 23.0 Å². The Kier molecular flexibility index (Phi) is 5.48. The Morgan fingerprint density at radius 2 is 1.78 bits per heavy atom. The van der Waals surface area contributed by atoms with Gasteiger partial charge >= 0.3 is 6.09 Å². The minimum atomic E-state index is -0.546. The Morgan fingerprint density at radius 1 is 1.15 bits per heavy atom. The van der Waals surface area contributed by atoms with Crippen LogP contribution in [0.3, 0.4) is 0 Å². The first kappa shape index (κ1) is 19.7. The van der Waals surface area contributed by atoms with E-state index in [9.17, 15) is 14.4 Å². The van der Waals surface area contributed by atoms with Crippen molar-refractivity contribution in [2.45, 2.75) is 32.9 Å². The van der Waals surface area contributed by atoms with Crippen LogP contribution in [-0.4, -0.2) is 57.5 Å². The predicted octanol–water partition coefficient (Wildman–Crippen LogP) is 2.80. The molecule has 0 saturated carbocycles. The van der Waals surface area contributed by atoms with E-state index >= 15 is 0 Å². The molecule has 2 aromatic rings. The first-order chi connectivity index (χ1) is 12.6. The van der Waals surface area contributed by atoms with Crippen molar-refractivity contribution in [1.29, 1.82) is 0 Å². The highest BCUT2D eigenvalue weighted by molar-refractivity contribution is 7.13. The summed E-state index contributed by atoms with van der Waals surface area (Å²) in [5, 5.41) is 1.12. The number of piperazine rings is 1. The van der Waals surface area contributed by atoms with Gasteiger partial charge in [-0.3, -0.25) is 13.5 Å². The molecule has 146 valence electrons. The van der Waals surface area contributed by atoms with Crippen LogP contribution in [0.4, 0.5) is 4.79 Å². The number of hydrogen-bond donors (Lipinski definition) is 0. The highest BCUT2D eigenvalue weighted by atomic mass is 35.5. The van der Waals surface area contributed by atoms with Crippen molar-refractivity contribution in [1.82, 2.24) is 13.8 Å². The SMILES string of the molecule is CC(C)(C)OC(=O)N1CCN(C(=O)Cn2sc3cc(Cl)ccc3c2=O)CC1. The number of aromatic nitrogens is 1. The van der Waals surface area contributed by atoms with Gasteiger partial charge in [0.15, 0.2) is 0 Å². The summed E-state index contributed by atoms with van der Waals surface area (Å²) < 4.78 is 7.56. The molecule has 0 bridgehead atoms. The Labute approximate surface area is 166 Å². The monoisotopic (exact) mass is 411 g/mol. The molecule has 0 unspecified atom stereocenters. The average molecular weight is 412 g/mol. The molecule has 1 aromatic heterocycles. The van der Waals surface area contributed by atoms with E-state index in [2.05, 4.69) is 0 Å². The predicted molar refractivity (Wildman–Crippen MR) is 105 cm³/mol. The molecule has 0 atom stereocenters. The van der Waals surface area contributed by atoms with E-state index in [-0.39, 0.29) is 24.1 Å². The molecule has 1 aliphatic rings. The normalized spacial score (nSPS) is 15.3. The second-order valence-corrected chi connectivity index (χ2v) is 8.92. The smallest absolute Gasteiger partial charge is 0.410 e. The molecule has 0 spiro atoms. The van der Waals surface area contributed by atoms with Crippen molar-refractivity contribution in [3.8, 4) is 0 Å². The number of halogens is 1. The van der Waals surface area contributed by atoms with E-state index in [1.54, 1.807) is 28.0 Å². The largest absolute Gasteiger partial charge is 0.444 e. The molecule has 0 radical (unpaired) electrons. The van der Waals surface area contributed by atoms with Crippen molar-refractivity contribution in [2.75, 3.05) is 26.2 Å². The van der Waals surface area contributed by atoms with Crippen molar-refractivity contribution in [2.24, 2.45) is 0 Å². The minimum Gasteiger partial charge on any atom is -0.444 e. The summed E-state index contributed by atoms with van der Waals surface area (Å²) in [6.07, 6.45) is -0.368. The molecular weight excluding hydrogens is 390 g/mol. The second-order valence-electron chi connectivity index (χ2n) is 7.42. The van der Waals surface area contributed by atoms with Gasteiger partial charge in [0.05, 0.1) is 10.1 Å². The van der Waals surface area contributed by atoms with Crippen LogP contribution < -0.4 is 5.56 Å². The number of ether oxygens (including phenoxy) is 1. The number of rotatable bonds is 2. The highest BCUT2D eigenvalue weighted by Gasteiger charge is 2.28. The van der Waals surface area contributed by atoms with Gasteiger partial charge in [0, 0.05) is 31.2 Å². The zero-order valence-corrected chi connectivity index (χ0v) is 17.1. The molecule has 0 aliphatic carbocycles. The first-order valence-corrected chi connectivity index (χ1v) is 9.84. The maximum Gasteiger partial charge on any atom is 0.410 e. The number of benzene rings is 1. The van der Waals surface area contributed by atoms with E-state index in [0.717, 1.165) is 4.70 Å². The summed E-state index contributed by atoms with van der Waals surface area (Å²) in [4.78, 5) is 40.4. The number of hydrogen-bond acceptors (Lipinski definition) is 5. The summed E-state index contributed by atoms with van der Waals surface area (Å²) in [5.41, 5.74) is -0.734. The molecule has 2 heterocycles. The summed E-state index contributed by atoms with van der Waals surface area (Å²) in [7, 11) is 0. The topological polar surface area (TPSA) is 71.8 Å². The van der Waals surface area contributed by atoms with Gasteiger partial charge < -0.3 is 14.5 Å². The molecule has 27 heavy (non-hydrogen) atoms. The van der Waals surface area contributed by atoms with E-state index < -0.39 is 5.60 Å². The number of carbonyl (C=O) groups excluding carboxylic acids is 2. The van der Waals surface area contributed by atoms with Crippen LogP contribution in [0.2, 0.25) is 5.02 Å². The van der Waals surface area contributed by atoms with Crippen LogP contribution in [0, 0.1) is 0 Å². The number of amides is 2. The summed E-state index contributed by atoms with van der Waals surface area (Å²) in [6.45, 7) is 7.12. The van der Waals surface area contributed by atoms with E-state index in [0.29, 0.717) is 36.6 Å². The molecule has 0 N–H and O–H groups in total. The van der Waals surface area contributed by atoms with E-state index in [1.165, 1.54) is 15.5 Å². The molecule has 9 heteroatoms. The Balaban J connectivity index is 1.61. The number of fused-ring (bicyclic) bond motifs is 1. The van der Waals surface area contributed by atoms with Crippen LogP contribution in [-0.2, 0) is 16.1 Å². The fourth-order valence-electron chi connectivity index (χ4n) is 2.83. The molecule has 1 saturated heterocycles. The Bertz CT molecular complexity index is 923. The first-order valence-electron chi connectivity index (χ1n) is 8.69. The molecular formula is C18H22ClN3O4S. The summed E-state index contributed by atoms with van der Waals surface area (Å²) in [5.74, 6) is -0.140. The van der Waals surface area contributed by atoms with E-state index in [1.807, 2.05) is 20.8 Å². The number of carbonyl (C=O) groups is 2. The molecule has 1 fully saturated rings. The van der Waals surface area contributed by atoms with Gasteiger partial charge in [-0.1, -0.05) is 23.1 Å². The summed E-state index contributed by atoms with van der Waals surface area (Å²) in [6, 6.07) is 5.07. The van der Waals surface area contributed by atoms with Crippen molar-refractivity contribution < 1.29 is 14.3 Å². The highest BCUT2D eigenvalue weighted by Crippen LogP contribution is 2.21. The zero-order chi connectivity index (χ0) is 19.8. The van der Waals surface area contributed by atoms with Gasteiger partial charge in [-0.05, 0) is 39.0 Å². The fraction of sp³-hybridized carbons (Fsp3) is 0.500. The molecule has 7 nitrogen and oxygen atoms in total. The lowest BCUT2D eigenvalue weighted by atomic mass is 10.2. The van der Waals surface area contributed by atoms with Crippen LogP contribution in [0.25, 0.3) is 10.1 Å². The molecule has 1 aromatic carbocycles. The van der Waals surface area contributed by atoms with Crippen LogP contribution >= 0.6 is 23.1 Å². The van der Waals surface area contributed by atoms with Gasteiger partial charge in [-0.2, -0.15) is 0 Å². The Morgan fingerprint density at radius 3 is 2.41 bits per heavy atom. The lowest BCUT2D eigenvalue weighted by molar-refractivity contribution is -0.133. The second kappa shape index (κ2) is 7.52. The van der Waals surface area contributed by atoms with Gasteiger partial charge in [0.1, 0.15) is 12.1 Å². The lowest BCUT2D eigenvalue weighted by Gasteiger charge is -2.35. The molecule has 3 rings (SSSR count). The molecule has 2 amide bonds.